The molecule has 9 heteroatoms. The van der Waals surface area contributed by atoms with E-state index in [-0.39, 0.29) is 12.2 Å². The van der Waals surface area contributed by atoms with Crippen LogP contribution < -0.4 is 21.3 Å². The van der Waals surface area contributed by atoms with Gasteiger partial charge in [0, 0.05) is 26.2 Å². The second kappa shape index (κ2) is 7.28. The molecule has 1 atom stereocenters. The number of fused-ring (bicyclic) bond motifs is 1. The van der Waals surface area contributed by atoms with Crippen molar-refractivity contribution in [3.63, 3.8) is 0 Å². The van der Waals surface area contributed by atoms with Crippen molar-refractivity contribution in [3.05, 3.63) is 50.7 Å². The summed E-state index contributed by atoms with van der Waals surface area (Å²) in [6, 6.07) is 7.48. The van der Waals surface area contributed by atoms with E-state index in [1.54, 1.807) is 25.6 Å². The van der Waals surface area contributed by atoms with Gasteiger partial charge in [0.15, 0.2) is 11.2 Å². The molecule has 0 aliphatic heterocycles. The van der Waals surface area contributed by atoms with E-state index < -0.39 is 17.4 Å². The minimum Gasteiger partial charge on any atom is -0.496 e. The van der Waals surface area contributed by atoms with E-state index in [4.69, 9.17) is 4.74 Å². The molecule has 0 aliphatic carbocycles. The van der Waals surface area contributed by atoms with Crippen molar-refractivity contribution in [2.45, 2.75) is 19.6 Å². The molecule has 1 aromatic carbocycles. The fraction of sp³-hybridized carbons (Fsp3) is 0.389. The zero-order valence-electron chi connectivity index (χ0n) is 15.8. The van der Waals surface area contributed by atoms with E-state index in [1.165, 1.54) is 11.6 Å². The minimum atomic E-state index is -0.601. The van der Waals surface area contributed by atoms with E-state index in [0.29, 0.717) is 23.8 Å². The van der Waals surface area contributed by atoms with Crippen LogP contribution in [0.15, 0.2) is 33.9 Å². The van der Waals surface area contributed by atoms with Crippen LogP contribution in [0.4, 0.5) is 5.95 Å². The molecule has 0 saturated carbocycles. The number of aromatic nitrogens is 4. The Bertz CT molecular complexity index is 1090. The minimum absolute atomic E-state index is 0.253. The van der Waals surface area contributed by atoms with E-state index >= 15 is 0 Å². The topological polar surface area (TPSA) is 103 Å². The van der Waals surface area contributed by atoms with Gasteiger partial charge in [0.2, 0.25) is 5.95 Å². The summed E-state index contributed by atoms with van der Waals surface area (Å²) >= 11 is 0. The lowest BCUT2D eigenvalue weighted by Crippen LogP contribution is -2.37. The van der Waals surface area contributed by atoms with E-state index in [9.17, 15) is 14.7 Å². The Morgan fingerprint density at radius 2 is 1.93 bits per heavy atom. The molecule has 144 valence electrons. The predicted octanol–water partition coefficient (Wildman–Crippen LogP) is 0.283. The highest BCUT2D eigenvalue weighted by Gasteiger charge is 2.20. The summed E-state index contributed by atoms with van der Waals surface area (Å²) < 4.78 is 9.51. The summed E-state index contributed by atoms with van der Waals surface area (Å²) in [7, 11) is 4.59. The summed E-state index contributed by atoms with van der Waals surface area (Å²) in [6.07, 6.45) is -0.601. The molecular weight excluding hydrogens is 350 g/mol. The highest BCUT2D eigenvalue weighted by molar-refractivity contribution is 5.74. The maximum absolute atomic E-state index is 12.8. The van der Waals surface area contributed by atoms with Gasteiger partial charge in [0.1, 0.15) is 5.75 Å². The van der Waals surface area contributed by atoms with Crippen LogP contribution in [0.2, 0.25) is 0 Å². The van der Waals surface area contributed by atoms with Gasteiger partial charge in [0.25, 0.3) is 5.56 Å². The van der Waals surface area contributed by atoms with Gasteiger partial charge in [-0.3, -0.25) is 18.5 Å². The Hall–Kier alpha value is -3.07. The fourth-order valence-electron chi connectivity index (χ4n) is 2.98. The van der Waals surface area contributed by atoms with Gasteiger partial charge in [0.05, 0.1) is 19.8 Å². The molecule has 0 aliphatic rings. The summed E-state index contributed by atoms with van der Waals surface area (Å²) in [4.78, 5) is 29.5. The largest absolute Gasteiger partial charge is 0.496 e. The molecule has 0 unspecified atom stereocenters. The van der Waals surface area contributed by atoms with Crippen molar-refractivity contribution in [1.82, 2.24) is 18.7 Å². The Labute approximate surface area is 155 Å². The number of anilines is 1. The van der Waals surface area contributed by atoms with Gasteiger partial charge in [-0.25, -0.2) is 4.79 Å². The quantitative estimate of drug-likeness (QED) is 0.643. The Morgan fingerprint density at radius 1 is 1.22 bits per heavy atom. The van der Waals surface area contributed by atoms with Crippen LogP contribution in [-0.2, 0) is 20.6 Å². The predicted molar refractivity (Wildman–Crippen MR) is 102 cm³/mol. The Balaban J connectivity index is 2.25. The van der Waals surface area contributed by atoms with E-state index in [0.717, 1.165) is 10.1 Å². The molecule has 0 radical (unpaired) electrons. The summed E-state index contributed by atoms with van der Waals surface area (Å²) in [5.74, 6) is 1.08. The second-order valence-corrected chi connectivity index (χ2v) is 6.44. The first-order valence-electron chi connectivity index (χ1n) is 8.55. The molecule has 27 heavy (non-hydrogen) atoms. The SMILES string of the molecule is COc1ccccc1Cn1c(NC[C@@H](C)O)nc2c1c(=O)n(C)c(=O)n2C. The zero-order valence-corrected chi connectivity index (χ0v) is 15.8. The molecule has 2 heterocycles. The van der Waals surface area contributed by atoms with Crippen molar-refractivity contribution < 1.29 is 9.84 Å². The Morgan fingerprint density at radius 3 is 2.59 bits per heavy atom. The summed E-state index contributed by atoms with van der Waals surface area (Å²) in [5, 5.41) is 12.7. The van der Waals surface area contributed by atoms with Crippen molar-refractivity contribution >= 4 is 17.1 Å². The van der Waals surface area contributed by atoms with Gasteiger partial charge in [-0.15, -0.1) is 0 Å². The number of nitrogens with one attached hydrogen (secondary N) is 1. The van der Waals surface area contributed by atoms with E-state index in [1.807, 2.05) is 24.3 Å². The molecule has 0 amide bonds. The van der Waals surface area contributed by atoms with Gasteiger partial charge in [-0.05, 0) is 13.0 Å². The van der Waals surface area contributed by atoms with Crippen LogP contribution in [-0.4, -0.2) is 43.6 Å². The first-order chi connectivity index (χ1) is 12.8. The average Bonchev–Trinajstić information content (AvgIpc) is 3.02. The number of aliphatic hydroxyl groups is 1. The van der Waals surface area contributed by atoms with E-state index in [2.05, 4.69) is 10.3 Å². The van der Waals surface area contributed by atoms with Gasteiger partial charge in [-0.1, -0.05) is 18.2 Å². The lowest BCUT2D eigenvalue weighted by Gasteiger charge is -2.14. The third-order valence-electron chi connectivity index (χ3n) is 4.42. The van der Waals surface area contributed by atoms with Crippen molar-refractivity contribution in [1.29, 1.82) is 0 Å². The highest BCUT2D eigenvalue weighted by Crippen LogP contribution is 2.23. The second-order valence-electron chi connectivity index (χ2n) is 6.44. The van der Waals surface area contributed by atoms with Crippen LogP contribution >= 0.6 is 0 Å². The third kappa shape index (κ3) is 3.33. The lowest BCUT2D eigenvalue weighted by molar-refractivity contribution is 0.208. The molecule has 0 spiro atoms. The third-order valence-corrected chi connectivity index (χ3v) is 4.42. The number of methoxy groups -OCH3 is 1. The van der Waals surface area contributed by atoms with Crippen molar-refractivity contribution in [2.24, 2.45) is 14.1 Å². The van der Waals surface area contributed by atoms with Crippen molar-refractivity contribution in [3.8, 4) is 5.75 Å². The molecule has 0 saturated heterocycles. The molecule has 0 fully saturated rings. The van der Waals surface area contributed by atoms with Crippen LogP contribution in [0.25, 0.3) is 11.2 Å². The first-order valence-corrected chi connectivity index (χ1v) is 8.55. The molecule has 0 bridgehead atoms. The number of para-hydroxylation sites is 1. The van der Waals surface area contributed by atoms with Crippen LogP contribution in [0, 0.1) is 0 Å². The van der Waals surface area contributed by atoms with Crippen LogP contribution in [0.5, 0.6) is 5.75 Å². The number of aryl methyl sites for hydroxylation is 1. The summed E-state index contributed by atoms with van der Waals surface area (Å²) in [6.45, 7) is 2.22. The number of aliphatic hydroxyl groups excluding tert-OH is 1. The fourth-order valence-corrected chi connectivity index (χ4v) is 2.98. The monoisotopic (exact) mass is 373 g/mol. The molecule has 9 nitrogen and oxygen atoms in total. The van der Waals surface area contributed by atoms with Crippen molar-refractivity contribution in [2.75, 3.05) is 19.0 Å². The van der Waals surface area contributed by atoms with Crippen LogP contribution in [0.3, 0.4) is 0 Å². The van der Waals surface area contributed by atoms with Gasteiger partial charge >= 0.3 is 5.69 Å². The highest BCUT2D eigenvalue weighted by atomic mass is 16.5. The lowest BCUT2D eigenvalue weighted by atomic mass is 10.2. The molecular formula is C18H23N5O4. The number of nitrogens with zero attached hydrogens (tertiary/aromatic N) is 4. The molecule has 3 rings (SSSR count). The number of rotatable bonds is 6. The average molecular weight is 373 g/mol. The zero-order chi connectivity index (χ0) is 19.7. The first kappa shape index (κ1) is 18.7. The number of imidazole rings is 1. The summed E-state index contributed by atoms with van der Waals surface area (Å²) in [5.41, 5.74) is 0.567. The smallest absolute Gasteiger partial charge is 0.332 e. The molecule has 2 aromatic heterocycles. The standard InChI is InChI=1S/C18H23N5O4/c1-11(24)9-19-17-20-15-14(16(25)22(3)18(26)21(15)2)23(17)10-12-7-5-6-8-13(12)27-4/h5-8,11,24H,9-10H2,1-4H3,(H,19,20)/t11-/m1/s1. The van der Waals surface area contributed by atoms with Crippen LogP contribution in [0.1, 0.15) is 12.5 Å². The van der Waals surface area contributed by atoms with Gasteiger partial charge < -0.3 is 15.2 Å². The normalized spacial score (nSPS) is 12.3. The maximum atomic E-state index is 12.8. The number of ether oxygens (including phenoxy) is 1. The number of benzene rings is 1. The number of hydrogen-bond donors (Lipinski definition) is 2. The molecule has 3 aromatic rings. The van der Waals surface area contributed by atoms with Gasteiger partial charge in [-0.2, -0.15) is 4.98 Å². The Kier molecular flexibility index (Phi) is 5.04. The maximum Gasteiger partial charge on any atom is 0.332 e. The molecule has 2 N–H and O–H groups in total. The number of hydrogen-bond acceptors (Lipinski definition) is 6.